The fourth-order valence-corrected chi connectivity index (χ4v) is 3.83. The molecule has 1 amide bonds. The third-order valence-corrected chi connectivity index (χ3v) is 5.60. The number of Topliss-reactive ketones (excluding diaryl/α,β-unsaturated/α-hetero) is 1. The number of anilines is 1. The van der Waals surface area contributed by atoms with E-state index in [9.17, 15) is 9.59 Å². The van der Waals surface area contributed by atoms with Gasteiger partial charge in [0.15, 0.2) is 5.78 Å². The summed E-state index contributed by atoms with van der Waals surface area (Å²) in [5.74, 6) is 0.781. The van der Waals surface area contributed by atoms with E-state index in [-0.39, 0.29) is 17.7 Å². The summed E-state index contributed by atoms with van der Waals surface area (Å²) in [5.41, 5.74) is 0.649. The fraction of sp³-hybridized carbons (Fsp3) is 0.632. The molecule has 1 N–H and O–H groups in total. The van der Waals surface area contributed by atoms with Gasteiger partial charge in [-0.1, -0.05) is 13.8 Å². The molecule has 0 aromatic carbocycles. The molecule has 26 heavy (non-hydrogen) atoms. The first kappa shape index (κ1) is 20.8. The van der Waals surface area contributed by atoms with Gasteiger partial charge in [-0.05, 0) is 60.9 Å². The molecule has 6 nitrogen and oxygen atoms in total. The highest BCUT2D eigenvalue weighted by molar-refractivity contribution is 9.10. The van der Waals surface area contributed by atoms with Crippen molar-refractivity contribution in [3.8, 4) is 0 Å². The summed E-state index contributed by atoms with van der Waals surface area (Å²) < 4.78 is 0.623. The van der Waals surface area contributed by atoms with Crippen LogP contribution in [0.4, 0.5) is 5.82 Å². The van der Waals surface area contributed by atoms with Crippen LogP contribution in [-0.2, 0) is 4.79 Å². The van der Waals surface area contributed by atoms with E-state index >= 15 is 0 Å². The molecule has 2 heterocycles. The van der Waals surface area contributed by atoms with E-state index in [0.717, 1.165) is 32.5 Å². The van der Waals surface area contributed by atoms with E-state index in [1.807, 2.05) is 11.0 Å². The van der Waals surface area contributed by atoms with Gasteiger partial charge < -0.3 is 15.1 Å². The van der Waals surface area contributed by atoms with Crippen LogP contribution in [0, 0.1) is 0 Å². The zero-order valence-corrected chi connectivity index (χ0v) is 17.7. The van der Waals surface area contributed by atoms with E-state index < -0.39 is 0 Å². The molecule has 0 unspecified atom stereocenters. The Bertz CT molecular complexity index is 648. The van der Waals surface area contributed by atoms with Crippen molar-refractivity contribution in [2.24, 2.45) is 0 Å². The van der Waals surface area contributed by atoms with Gasteiger partial charge in [0.05, 0.1) is 0 Å². The normalized spacial score (nSPS) is 17.8. The number of carbonyl (C=O) groups is 2. The zero-order chi connectivity index (χ0) is 19.3. The van der Waals surface area contributed by atoms with Crippen LogP contribution in [0.25, 0.3) is 0 Å². The van der Waals surface area contributed by atoms with Crippen LogP contribution < -0.4 is 10.2 Å². The summed E-state index contributed by atoms with van der Waals surface area (Å²) in [6.45, 7) is 9.21. The van der Waals surface area contributed by atoms with Gasteiger partial charge in [-0.3, -0.25) is 9.59 Å². The van der Waals surface area contributed by atoms with Crippen molar-refractivity contribution in [1.29, 1.82) is 0 Å². The molecule has 2 atom stereocenters. The highest BCUT2D eigenvalue weighted by Gasteiger charge is 2.34. The summed E-state index contributed by atoms with van der Waals surface area (Å²) in [6.07, 6.45) is 2.14. The molecule has 144 valence electrons. The first-order valence-corrected chi connectivity index (χ1v) is 10.1. The molecule has 1 fully saturated rings. The number of likely N-dealkylation sites (N-methyl/N-ethyl adjacent to an activating group) is 1. The van der Waals surface area contributed by atoms with Crippen LogP contribution in [0.2, 0.25) is 0 Å². The molecule has 1 aromatic rings. The van der Waals surface area contributed by atoms with Crippen LogP contribution in [0.3, 0.4) is 0 Å². The van der Waals surface area contributed by atoms with E-state index in [1.165, 1.54) is 0 Å². The largest absolute Gasteiger partial charge is 0.357 e. The highest BCUT2D eigenvalue weighted by Crippen LogP contribution is 2.28. The molecule has 0 bridgehead atoms. The number of nitrogens with zero attached hydrogens (tertiary/aromatic N) is 3. The van der Waals surface area contributed by atoms with Crippen molar-refractivity contribution in [1.82, 2.24) is 15.2 Å². The van der Waals surface area contributed by atoms with Gasteiger partial charge in [0.2, 0.25) is 5.91 Å². The standard InChI is InChI=1S/C19H29BrN4O2/c1-5-23(6-2)13(3)7-8-16(25)14-11-17(20)22-18(12-14)24-10-9-15(24)19(26)21-4/h11-13,15H,5-10H2,1-4H3,(H,21,26)/t13-,15-/m0/s1. The first-order valence-electron chi connectivity index (χ1n) is 9.34. The van der Waals surface area contributed by atoms with Crippen molar-refractivity contribution >= 4 is 33.4 Å². The minimum atomic E-state index is -0.201. The number of hydrogen-bond acceptors (Lipinski definition) is 5. The van der Waals surface area contributed by atoms with E-state index in [4.69, 9.17) is 0 Å². The first-order chi connectivity index (χ1) is 12.4. The Balaban J connectivity index is 2.07. The number of nitrogens with one attached hydrogen (secondary N) is 1. The van der Waals surface area contributed by atoms with E-state index in [1.54, 1.807) is 13.1 Å². The van der Waals surface area contributed by atoms with Crippen molar-refractivity contribution in [2.75, 3.05) is 31.6 Å². The molecule has 1 aliphatic heterocycles. The van der Waals surface area contributed by atoms with Gasteiger partial charge in [-0.2, -0.15) is 0 Å². The number of rotatable bonds is 9. The molecule has 0 aliphatic carbocycles. The molecule has 0 saturated carbocycles. The second-order valence-corrected chi connectivity index (χ2v) is 7.49. The molecule has 0 radical (unpaired) electrons. The number of halogens is 1. The minimum Gasteiger partial charge on any atom is -0.357 e. The van der Waals surface area contributed by atoms with Gasteiger partial charge in [0.25, 0.3) is 0 Å². The van der Waals surface area contributed by atoms with Gasteiger partial charge in [-0.25, -0.2) is 4.98 Å². The van der Waals surface area contributed by atoms with Crippen LogP contribution in [-0.4, -0.2) is 60.3 Å². The van der Waals surface area contributed by atoms with Crippen molar-refractivity contribution in [3.05, 3.63) is 22.3 Å². The van der Waals surface area contributed by atoms with E-state index in [2.05, 4.69) is 51.9 Å². The van der Waals surface area contributed by atoms with Crippen LogP contribution in [0.15, 0.2) is 16.7 Å². The predicted octanol–water partition coefficient (Wildman–Crippen LogP) is 2.86. The molecular weight excluding hydrogens is 396 g/mol. The average molecular weight is 425 g/mol. The zero-order valence-electron chi connectivity index (χ0n) is 16.1. The lowest BCUT2D eigenvalue weighted by molar-refractivity contribution is -0.123. The summed E-state index contributed by atoms with van der Waals surface area (Å²) >= 11 is 3.40. The SMILES string of the molecule is CCN(CC)[C@@H](C)CCC(=O)c1cc(Br)nc(N2CC[C@H]2C(=O)NC)c1. The van der Waals surface area contributed by atoms with Gasteiger partial charge in [-0.15, -0.1) is 0 Å². The number of carbonyl (C=O) groups excluding carboxylic acids is 2. The lowest BCUT2D eigenvalue weighted by Gasteiger charge is -2.40. The summed E-state index contributed by atoms with van der Waals surface area (Å²) in [4.78, 5) is 33.4. The van der Waals surface area contributed by atoms with Crippen molar-refractivity contribution in [2.45, 2.75) is 52.1 Å². The Labute approximate surface area is 164 Å². The van der Waals surface area contributed by atoms with Gasteiger partial charge >= 0.3 is 0 Å². The number of amides is 1. The number of aromatic nitrogens is 1. The Hall–Kier alpha value is -1.47. The maximum Gasteiger partial charge on any atom is 0.242 e. The molecule has 7 heteroatoms. The lowest BCUT2D eigenvalue weighted by atomic mass is 10.0. The Morgan fingerprint density at radius 1 is 1.38 bits per heavy atom. The lowest BCUT2D eigenvalue weighted by Crippen LogP contribution is -2.56. The maximum absolute atomic E-state index is 12.7. The van der Waals surface area contributed by atoms with Crippen LogP contribution >= 0.6 is 15.9 Å². The third kappa shape index (κ3) is 4.82. The minimum absolute atomic E-state index is 0.0149. The Kier molecular flexibility index (Phi) is 7.58. The van der Waals surface area contributed by atoms with E-state index in [0.29, 0.717) is 28.4 Å². The fourth-order valence-electron chi connectivity index (χ4n) is 3.41. The van der Waals surface area contributed by atoms with Gasteiger partial charge in [0.1, 0.15) is 16.5 Å². The summed E-state index contributed by atoms with van der Waals surface area (Å²) in [7, 11) is 1.64. The highest BCUT2D eigenvalue weighted by atomic mass is 79.9. The molecule has 2 rings (SSSR count). The molecule has 0 spiro atoms. The van der Waals surface area contributed by atoms with Crippen LogP contribution in [0.1, 0.15) is 50.4 Å². The second-order valence-electron chi connectivity index (χ2n) is 6.68. The third-order valence-electron chi connectivity index (χ3n) is 5.19. The Morgan fingerprint density at radius 3 is 2.62 bits per heavy atom. The molecule has 1 saturated heterocycles. The number of pyridine rings is 1. The molecule has 1 aromatic heterocycles. The average Bonchev–Trinajstić information content (AvgIpc) is 2.59. The topological polar surface area (TPSA) is 65.5 Å². The quantitative estimate of drug-likeness (QED) is 0.487. The van der Waals surface area contributed by atoms with Crippen molar-refractivity contribution in [3.63, 3.8) is 0 Å². The molecular formula is C19H29BrN4O2. The van der Waals surface area contributed by atoms with Crippen molar-refractivity contribution < 1.29 is 9.59 Å². The smallest absolute Gasteiger partial charge is 0.242 e. The number of ketones is 1. The van der Waals surface area contributed by atoms with Crippen LogP contribution in [0.5, 0.6) is 0 Å². The maximum atomic E-state index is 12.7. The van der Waals surface area contributed by atoms with Gasteiger partial charge in [0, 0.05) is 31.6 Å². The predicted molar refractivity (Wildman–Crippen MR) is 108 cm³/mol. The summed E-state index contributed by atoms with van der Waals surface area (Å²) in [5, 5.41) is 2.68. The Morgan fingerprint density at radius 2 is 2.08 bits per heavy atom. The monoisotopic (exact) mass is 424 g/mol. The number of hydrogen-bond donors (Lipinski definition) is 1. The summed E-state index contributed by atoms with van der Waals surface area (Å²) in [6, 6.07) is 3.76. The second kappa shape index (κ2) is 9.46. The molecule has 1 aliphatic rings.